The van der Waals surface area contributed by atoms with Gasteiger partial charge in [0.25, 0.3) is 0 Å². The van der Waals surface area contributed by atoms with Gasteiger partial charge < -0.3 is 4.57 Å². The van der Waals surface area contributed by atoms with E-state index < -0.39 is 0 Å². The van der Waals surface area contributed by atoms with Crippen molar-refractivity contribution in [1.29, 1.82) is 0 Å². The molecule has 0 saturated heterocycles. The highest BCUT2D eigenvalue weighted by Gasteiger charge is 2.08. The van der Waals surface area contributed by atoms with Gasteiger partial charge in [0.15, 0.2) is 0 Å². The molecule has 0 N–H and O–H groups in total. The van der Waals surface area contributed by atoms with Crippen molar-refractivity contribution in [2.75, 3.05) is 0 Å². The molecule has 2 aromatic carbocycles. The zero-order valence-corrected chi connectivity index (χ0v) is 13.7. The maximum atomic E-state index is 5.69. The molecule has 0 aliphatic rings. The molecule has 0 aliphatic heterocycles. The first-order valence-corrected chi connectivity index (χ1v) is 7.56. The summed E-state index contributed by atoms with van der Waals surface area (Å²) in [6, 6.07) is 15.2. The van der Waals surface area contributed by atoms with E-state index in [0.717, 1.165) is 10.2 Å². The van der Waals surface area contributed by atoms with Gasteiger partial charge in [-0.3, -0.25) is 0 Å². The maximum Gasteiger partial charge on any atom is 0.114 e. The standard InChI is InChI=1S/C19H19NS/c1-12-5-7-15(8-6-12)17-11-16-14(3)9-13(2)10-18(16)20(4)19(17)21/h5-11H,1-4H3. The average Bonchev–Trinajstić information content (AvgIpc) is 2.44. The van der Waals surface area contributed by atoms with Crippen LogP contribution in [0.5, 0.6) is 0 Å². The Morgan fingerprint density at radius 1 is 0.857 bits per heavy atom. The van der Waals surface area contributed by atoms with E-state index in [9.17, 15) is 0 Å². The fourth-order valence-corrected chi connectivity index (χ4v) is 3.13. The third kappa shape index (κ3) is 2.40. The fourth-order valence-electron chi connectivity index (χ4n) is 2.86. The second-order valence-electron chi connectivity index (χ2n) is 5.80. The molecule has 1 aromatic heterocycles. The molecule has 0 atom stereocenters. The number of benzene rings is 2. The molecule has 0 spiro atoms. The largest absolute Gasteiger partial charge is 0.335 e. The van der Waals surface area contributed by atoms with Crippen LogP contribution in [0.25, 0.3) is 22.0 Å². The molecule has 1 heterocycles. The molecule has 0 fully saturated rings. The van der Waals surface area contributed by atoms with Crippen molar-refractivity contribution >= 4 is 23.1 Å². The van der Waals surface area contributed by atoms with Crippen LogP contribution in [0.3, 0.4) is 0 Å². The zero-order valence-electron chi connectivity index (χ0n) is 12.9. The van der Waals surface area contributed by atoms with Crippen molar-refractivity contribution in [3.8, 4) is 11.1 Å². The van der Waals surface area contributed by atoms with Crippen molar-refractivity contribution in [3.05, 3.63) is 63.8 Å². The van der Waals surface area contributed by atoms with E-state index in [1.807, 2.05) is 0 Å². The Balaban J connectivity index is 2.37. The highest BCUT2D eigenvalue weighted by molar-refractivity contribution is 7.71. The number of fused-ring (bicyclic) bond motifs is 1. The Kier molecular flexibility index (Phi) is 3.42. The summed E-state index contributed by atoms with van der Waals surface area (Å²) in [5.74, 6) is 0. The van der Waals surface area contributed by atoms with Gasteiger partial charge >= 0.3 is 0 Å². The Morgan fingerprint density at radius 3 is 2.19 bits per heavy atom. The normalized spacial score (nSPS) is 11.0. The van der Waals surface area contributed by atoms with Crippen LogP contribution >= 0.6 is 12.2 Å². The third-order valence-electron chi connectivity index (χ3n) is 4.06. The number of rotatable bonds is 1. The van der Waals surface area contributed by atoms with Gasteiger partial charge in [-0.1, -0.05) is 48.1 Å². The molecule has 0 saturated carbocycles. The Bertz CT molecular complexity index is 886. The zero-order chi connectivity index (χ0) is 15.1. The number of aryl methyl sites for hydroxylation is 4. The van der Waals surface area contributed by atoms with Crippen LogP contribution in [0.4, 0.5) is 0 Å². The van der Waals surface area contributed by atoms with Gasteiger partial charge in [-0.25, -0.2) is 0 Å². The van der Waals surface area contributed by atoms with E-state index in [4.69, 9.17) is 12.2 Å². The van der Waals surface area contributed by atoms with Gasteiger partial charge in [0.1, 0.15) is 4.64 Å². The lowest BCUT2D eigenvalue weighted by Crippen LogP contribution is -1.99. The van der Waals surface area contributed by atoms with Gasteiger partial charge in [0, 0.05) is 23.5 Å². The summed E-state index contributed by atoms with van der Waals surface area (Å²) in [5, 5.41) is 1.27. The van der Waals surface area contributed by atoms with Gasteiger partial charge in [-0.05, 0) is 49.6 Å². The number of pyridine rings is 1. The minimum Gasteiger partial charge on any atom is -0.335 e. The van der Waals surface area contributed by atoms with E-state index in [1.165, 1.54) is 33.2 Å². The molecule has 21 heavy (non-hydrogen) atoms. The van der Waals surface area contributed by atoms with Gasteiger partial charge in [0.05, 0.1) is 0 Å². The summed E-state index contributed by atoms with van der Waals surface area (Å²) in [7, 11) is 2.06. The Hall–Kier alpha value is -1.93. The fraction of sp³-hybridized carbons (Fsp3) is 0.211. The van der Waals surface area contributed by atoms with E-state index in [2.05, 4.69) is 74.9 Å². The molecule has 0 unspecified atom stereocenters. The SMILES string of the molecule is Cc1ccc(-c2cc3c(C)cc(C)cc3n(C)c2=S)cc1. The highest BCUT2D eigenvalue weighted by Crippen LogP contribution is 2.28. The minimum atomic E-state index is 0.886. The van der Waals surface area contributed by atoms with Crippen molar-refractivity contribution in [1.82, 2.24) is 4.57 Å². The summed E-state index contributed by atoms with van der Waals surface area (Å²) >= 11 is 5.69. The predicted octanol–water partition coefficient (Wildman–Crippen LogP) is 5.50. The van der Waals surface area contributed by atoms with Crippen LogP contribution in [0, 0.1) is 25.4 Å². The Labute approximate surface area is 130 Å². The smallest absolute Gasteiger partial charge is 0.114 e. The van der Waals surface area contributed by atoms with Gasteiger partial charge in [-0.15, -0.1) is 0 Å². The van der Waals surface area contributed by atoms with Gasteiger partial charge in [-0.2, -0.15) is 0 Å². The van der Waals surface area contributed by atoms with E-state index in [1.54, 1.807) is 0 Å². The van der Waals surface area contributed by atoms with E-state index in [0.29, 0.717) is 0 Å². The number of hydrogen-bond acceptors (Lipinski definition) is 1. The average molecular weight is 293 g/mol. The van der Waals surface area contributed by atoms with Crippen molar-refractivity contribution in [3.63, 3.8) is 0 Å². The van der Waals surface area contributed by atoms with Crippen LogP contribution in [-0.2, 0) is 7.05 Å². The summed E-state index contributed by atoms with van der Waals surface area (Å²) < 4.78 is 3.01. The van der Waals surface area contributed by atoms with Crippen LogP contribution in [0.15, 0.2) is 42.5 Å². The third-order valence-corrected chi connectivity index (χ3v) is 4.55. The van der Waals surface area contributed by atoms with Crippen molar-refractivity contribution < 1.29 is 0 Å². The van der Waals surface area contributed by atoms with Gasteiger partial charge in [0.2, 0.25) is 0 Å². The van der Waals surface area contributed by atoms with Crippen molar-refractivity contribution in [2.45, 2.75) is 20.8 Å². The molecule has 106 valence electrons. The second-order valence-corrected chi connectivity index (χ2v) is 6.19. The van der Waals surface area contributed by atoms with Crippen molar-refractivity contribution in [2.24, 2.45) is 7.05 Å². The predicted molar refractivity (Wildman–Crippen MR) is 93.4 cm³/mol. The number of hydrogen-bond donors (Lipinski definition) is 0. The first-order chi connectivity index (χ1) is 9.97. The molecule has 3 rings (SSSR count). The second kappa shape index (κ2) is 5.12. The summed E-state index contributed by atoms with van der Waals surface area (Å²) in [6.07, 6.45) is 0. The summed E-state index contributed by atoms with van der Waals surface area (Å²) in [5.41, 5.74) is 7.35. The quantitative estimate of drug-likeness (QED) is 0.536. The minimum absolute atomic E-state index is 0.886. The van der Waals surface area contributed by atoms with E-state index in [-0.39, 0.29) is 0 Å². The summed E-state index contributed by atoms with van der Waals surface area (Å²) in [4.78, 5) is 0. The van der Waals surface area contributed by atoms with Crippen LogP contribution in [-0.4, -0.2) is 4.57 Å². The van der Waals surface area contributed by atoms with E-state index >= 15 is 0 Å². The monoisotopic (exact) mass is 293 g/mol. The van der Waals surface area contributed by atoms with Crippen LogP contribution in [0.2, 0.25) is 0 Å². The first-order valence-electron chi connectivity index (χ1n) is 7.15. The first kappa shape index (κ1) is 14.0. The Morgan fingerprint density at radius 2 is 1.52 bits per heavy atom. The molecule has 0 bridgehead atoms. The highest BCUT2D eigenvalue weighted by atomic mass is 32.1. The van der Waals surface area contributed by atoms with Crippen LogP contribution < -0.4 is 0 Å². The molecule has 3 aromatic rings. The molecular formula is C19H19NS. The molecule has 1 nitrogen and oxygen atoms in total. The molecule has 0 radical (unpaired) electrons. The molecule has 0 aliphatic carbocycles. The topological polar surface area (TPSA) is 4.93 Å². The molecule has 2 heteroatoms. The lowest BCUT2D eigenvalue weighted by molar-refractivity contribution is 0.936. The lowest BCUT2D eigenvalue weighted by atomic mass is 10.0. The lowest BCUT2D eigenvalue weighted by Gasteiger charge is -2.14. The molecular weight excluding hydrogens is 274 g/mol. The number of nitrogens with zero attached hydrogens (tertiary/aromatic N) is 1. The summed E-state index contributed by atoms with van der Waals surface area (Å²) in [6.45, 7) is 6.40. The van der Waals surface area contributed by atoms with Crippen LogP contribution in [0.1, 0.15) is 16.7 Å². The number of aromatic nitrogens is 1. The molecule has 0 amide bonds. The maximum absolute atomic E-state index is 5.69.